The summed E-state index contributed by atoms with van der Waals surface area (Å²) >= 11 is 7.36. The van der Waals surface area contributed by atoms with Gasteiger partial charge in [-0.1, -0.05) is 29.8 Å². The van der Waals surface area contributed by atoms with Crippen LogP contribution < -0.4 is 4.74 Å². The predicted molar refractivity (Wildman–Crippen MR) is 80.2 cm³/mol. The van der Waals surface area contributed by atoms with Crippen LogP contribution in [0.3, 0.4) is 0 Å². The lowest BCUT2D eigenvalue weighted by Crippen LogP contribution is -2.34. The van der Waals surface area contributed by atoms with Gasteiger partial charge in [-0.15, -0.1) is 11.3 Å². The molecule has 1 amide bonds. The highest BCUT2D eigenvalue weighted by atomic mass is 35.5. The fraction of sp³-hybridized carbons (Fsp3) is 0.267. The van der Waals surface area contributed by atoms with Crippen molar-refractivity contribution in [2.24, 2.45) is 0 Å². The second kappa shape index (κ2) is 5.46. The van der Waals surface area contributed by atoms with Crippen LogP contribution in [0.1, 0.15) is 23.5 Å². The van der Waals surface area contributed by atoms with Crippen LogP contribution in [0.15, 0.2) is 36.4 Å². The van der Waals surface area contributed by atoms with Crippen LogP contribution in [0.25, 0.3) is 0 Å². The lowest BCUT2D eigenvalue weighted by molar-refractivity contribution is -0.138. The zero-order valence-corrected chi connectivity index (χ0v) is 12.6. The fourth-order valence-corrected chi connectivity index (χ4v) is 3.38. The van der Waals surface area contributed by atoms with Gasteiger partial charge < -0.3 is 9.64 Å². The summed E-state index contributed by atoms with van der Waals surface area (Å²) in [5.41, 5.74) is 1.04. The van der Waals surface area contributed by atoms with Crippen molar-refractivity contribution in [2.75, 3.05) is 6.54 Å². The van der Waals surface area contributed by atoms with Gasteiger partial charge in [0.1, 0.15) is 5.75 Å². The van der Waals surface area contributed by atoms with Gasteiger partial charge in [0.25, 0.3) is 5.91 Å². The predicted octanol–water partition coefficient (Wildman–Crippen LogP) is 3.88. The van der Waals surface area contributed by atoms with Gasteiger partial charge in [-0.2, -0.15) is 0 Å². The van der Waals surface area contributed by atoms with Gasteiger partial charge in [-0.3, -0.25) is 4.79 Å². The van der Waals surface area contributed by atoms with E-state index in [-0.39, 0.29) is 5.91 Å². The largest absolute Gasteiger partial charge is 0.475 e. The molecule has 1 aromatic heterocycles. The van der Waals surface area contributed by atoms with Crippen molar-refractivity contribution in [1.29, 1.82) is 0 Å². The average molecular weight is 308 g/mol. The summed E-state index contributed by atoms with van der Waals surface area (Å²) in [5, 5.41) is 0. The number of para-hydroxylation sites is 1. The Morgan fingerprint density at radius 2 is 2.15 bits per heavy atom. The van der Waals surface area contributed by atoms with E-state index in [1.165, 1.54) is 11.3 Å². The first-order valence-corrected chi connectivity index (χ1v) is 7.67. The van der Waals surface area contributed by atoms with E-state index in [1.54, 1.807) is 6.07 Å². The van der Waals surface area contributed by atoms with E-state index in [9.17, 15) is 4.79 Å². The van der Waals surface area contributed by atoms with E-state index >= 15 is 0 Å². The van der Waals surface area contributed by atoms with Gasteiger partial charge in [0.05, 0.1) is 9.21 Å². The Kier molecular flexibility index (Phi) is 3.68. The number of benzene rings is 1. The number of nitrogens with zero attached hydrogens (tertiary/aromatic N) is 1. The summed E-state index contributed by atoms with van der Waals surface area (Å²) in [6.07, 6.45) is -0.601. The molecule has 20 heavy (non-hydrogen) atoms. The zero-order chi connectivity index (χ0) is 14.1. The molecule has 0 saturated carbocycles. The third-order valence-electron chi connectivity index (χ3n) is 3.35. The quantitative estimate of drug-likeness (QED) is 0.842. The summed E-state index contributed by atoms with van der Waals surface area (Å²) in [6, 6.07) is 11.4. The van der Waals surface area contributed by atoms with Gasteiger partial charge in [-0.25, -0.2) is 0 Å². The first-order valence-electron chi connectivity index (χ1n) is 6.47. The number of amides is 1. The summed E-state index contributed by atoms with van der Waals surface area (Å²) in [5.74, 6) is 0.758. The van der Waals surface area contributed by atoms with E-state index < -0.39 is 6.10 Å². The summed E-state index contributed by atoms with van der Waals surface area (Å²) in [6.45, 7) is 3.22. The molecule has 1 aliphatic heterocycles. The van der Waals surface area contributed by atoms with Gasteiger partial charge >= 0.3 is 0 Å². The van der Waals surface area contributed by atoms with Gasteiger partial charge in [0.15, 0.2) is 0 Å². The van der Waals surface area contributed by atoms with Crippen molar-refractivity contribution < 1.29 is 9.53 Å². The van der Waals surface area contributed by atoms with E-state index in [4.69, 9.17) is 16.3 Å². The molecule has 2 heterocycles. The number of likely N-dealkylation sites (N-methyl/N-ethyl adjacent to an activating group) is 1. The van der Waals surface area contributed by atoms with Crippen LogP contribution in [-0.4, -0.2) is 17.4 Å². The minimum absolute atomic E-state index is 0.0118. The van der Waals surface area contributed by atoms with Crippen molar-refractivity contribution in [3.05, 3.63) is 51.2 Å². The normalized spacial score (nSPS) is 18.4. The topological polar surface area (TPSA) is 29.5 Å². The Bertz CT molecular complexity index is 640. The third kappa shape index (κ3) is 2.41. The van der Waals surface area contributed by atoms with Crippen molar-refractivity contribution in [2.45, 2.75) is 19.6 Å². The SMILES string of the molecule is CCN1Cc2ccccc2OC(c2ccc(Cl)s2)C1=O. The molecule has 1 unspecified atom stereocenters. The zero-order valence-electron chi connectivity index (χ0n) is 11.0. The Morgan fingerprint density at radius 3 is 2.85 bits per heavy atom. The average Bonchev–Trinajstić information content (AvgIpc) is 2.82. The van der Waals surface area contributed by atoms with Crippen molar-refractivity contribution in [3.63, 3.8) is 0 Å². The molecule has 0 bridgehead atoms. The molecule has 104 valence electrons. The highest BCUT2D eigenvalue weighted by Crippen LogP contribution is 2.35. The molecule has 0 radical (unpaired) electrons. The number of hydrogen-bond donors (Lipinski definition) is 0. The van der Waals surface area contributed by atoms with Crippen LogP contribution in [0.5, 0.6) is 5.75 Å². The number of hydrogen-bond acceptors (Lipinski definition) is 3. The number of ether oxygens (including phenoxy) is 1. The number of carbonyl (C=O) groups is 1. The molecule has 1 atom stereocenters. The molecule has 0 spiro atoms. The Labute approximate surface area is 126 Å². The molecule has 2 aromatic rings. The summed E-state index contributed by atoms with van der Waals surface area (Å²) in [7, 11) is 0. The molecule has 3 nitrogen and oxygen atoms in total. The number of rotatable bonds is 2. The van der Waals surface area contributed by atoms with Crippen LogP contribution in [0.2, 0.25) is 4.34 Å². The van der Waals surface area contributed by atoms with Gasteiger partial charge in [-0.05, 0) is 25.1 Å². The number of thiophene rings is 1. The number of fused-ring (bicyclic) bond motifs is 1. The maximum Gasteiger partial charge on any atom is 0.269 e. The highest BCUT2D eigenvalue weighted by molar-refractivity contribution is 7.16. The smallest absolute Gasteiger partial charge is 0.269 e. The maximum absolute atomic E-state index is 12.6. The molecule has 0 fully saturated rings. The molecule has 0 aliphatic carbocycles. The minimum atomic E-state index is -0.601. The Balaban J connectivity index is 2.03. The lowest BCUT2D eigenvalue weighted by Gasteiger charge is -2.21. The Morgan fingerprint density at radius 1 is 1.35 bits per heavy atom. The molecule has 0 saturated heterocycles. The monoisotopic (exact) mass is 307 g/mol. The second-order valence-electron chi connectivity index (χ2n) is 4.60. The first kappa shape index (κ1) is 13.5. The van der Waals surface area contributed by atoms with E-state index in [0.717, 1.165) is 16.2 Å². The second-order valence-corrected chi connectivity index (χ2v) is 6.35. The molecular formula is C15H14ClNO2S. The van der Waals surface area contributed by atoms with Crippen LogP contribution in [0, 0.1) is 0 Å². The lowest BCUT2D eigenvalue weighted by atomic mass is 10.2. The standard InChI is InChI=1S/C15H14ClNO2S/c1-2-17-9-10-5-3-4-6-11(10)19-14(15(17)18)12-7-8-13(16)20-12/h3-8,14H,2,9H2,1H3. The minimum Gasteiger partial charge on any atom is -0.475 e. The van der Waals surface area contributed by atoms with Crippen LogP contribution in [0.4, 0.5) is 0 Å². The van der Waals surface area contributed by atoms with Crippen LogP contribution >= 0.6 is 22.9 Å². The van der Waals surface area contributed by atoms with Crippen LogP contribution in [-0.2, 0) is 11.3 Å². The number of carbonyl (C=O) groups excluding carboxylic acids is 1. The molecular weight excluding hydrogens is 294 g/mol. The first-order chi connectivity index (χ1) is 9.69. The van der Waals surface area contributed by atoms with Crippen molar-refractivity contribution in [3.8, 4) is 5.75 Å². The van der Waals surface area contributed by atoms with Gasteiger partial charge in [0.2, 0.25) is 6.10 Å². The molecule has 0 N–H and O–H groups in total. The Hall–Kier alpha value is -1.52. The number of halogens is 1. The van der Waals surface area contributed by atoms with Gasteiger partial charge in [0, 0.05) is 18.7 Å². The van der Waals surface area contributed by atoms with E-state index in [1.807, 2.05) is 42.2 Å². The van der Waals surface area contributed by atoms with E-state index in [0.29, 0.717) is 17.4 Å². The van der Waals surface area contributed by atoms with Crippen molar-refractivity contribution in [1.82, 2.24) is 4.90 Å². The van der Waals surface area contributed by atoms with E-state index in [2.05, 4.69) is 0 Å². The summed E-state index contributed by atoms with van der Waals surface area (Å²) < 4.78 is 6.63. The molecule has 1 aliphatic rings. The molecule has 5 heteroatoms. The third-order valence-corrected chi connectivity index (χ3v) is 4.62. The fourth-order valence-electron chi connectivity index (χ4n) is 2.29. The maximum atomic E-state index is 12.6. The highest BCUT2D eigenvalue weighted by Gasteiger charge is 2.32. The molecule has 3 rings (SSSR count). The molecule has 1 aromatic carbocycles. The van der Waals surface area contributed by atoms with Crippen molar-refractivity contribution >= 4 is 28.8 Å². The summed E-state index contributed by atoms with van der Waals surface area (Å²) in [4.78, 5) is 15.3.